The van der Waals surface area contributed by atoms with Crippen LogP contribution in [0, 0.1) is 11.6 Å². The van der Waals surface area contributed by atoms with Gasteiger partial charge in [-0.15, -0.1) is 0 Å². The number of aromatic amines is 1. The molecule has 1 aliphatic carbocycles. The second-order valence-corrected chi connectivity index (χ2v) is 9.67. The zero-order chi connectivity index (χ0) is 25.2. The van der Waals surface area contributed by atoms with Gasteiger partial charge in [0, 0.05) is 11.9 Å². The van der Waals surface area contributed by atoms with Crippen molar-refractivity contribution in [2.45, 2.75) is 26.2 Å². The highest BCUT2D eigenvalue weighted by molar-refractivity contribution is 7.92. The quantitative estimate of drug-likeness (QED) is 0.373. The number of ether oxygens (including phenoxy) is 1. The second kappa shape index (κ2) is 9.82. The maximum atomic E-state index is 15.2. The van der Waals surface area contributed by atoms with Crippen molar-refractivity contribution in [1.82, 2.24) is 15.0 Å². The molecule has 3 aromatic rings. The van der Waals surface area contributed by atoms with E-state index in [-0.39, 0.29) is 28.2 Å². The van der Waals surface area contributed by atoms with Crippen LogP contribution in [0.15, 0.2) is 48.3 Å². The van der Waals surface area contributed by atoms with Gasteiger partial charge in [-0.2, -0.15) is 0 Å². The lowest BCUT2D eigenvalue weighted by atomic mass is 10.0. The predicted molar refractivity (Wildman–Crippen MR) is 127 cm³/mol. The third kappa shape index (κ3) is 5.02. The summed E-state index contributed by atoms with van der Waals surface area (Å²) >= 11 is 0. The van der Waals surface area contributed by atoms with Crippen LogP contribution in [0.2, 0.25) is 0 Å². The smallest absolute Gasteiger partial charge is 0.232 e. The molecule has 0 atom stereocenters. The average molecular weight is 504 g/mol. The summed E-state index contributed by atoms with van der Waals surface area (Å²) in [5.74, 6) is -2.74. The third-order valence-corrected chi connectivity index (χ3v) is 6.84. The molecule has 0 aliphatic heterocycles. The van der Waals surface area contributed by atoms with Gasteiger partial charge in [-0.05, 0) is 43.5 Å². The Bertz CT molecular complexity index is 1460. The van der Waals surface area contributed by atoms with Gasteiger partial charge in [0.15, 0.2) is 5.82 Å². The molecule has 2 aromatic heterocycles. The average Bonchev–Trinajstić information content (AvgIpc) is 3.26. The van der Waals surface area contributed by atoms with Crippen LogP contribution in [0.3, 0.4) is 0 Å². The molecule has 0 fully saturated rings. The minimum absolute atomic E-state index is 0.0756. The van der Waals surface area contributed by atoms with Crippen molar-refractivity contribution in [2.75, 3.05) is 22.9 Å². The van der Waals surface area contributed by atoms with E-state index < -0.39 is 38.7 Å². The van der Waals surface area contributed by atoms with Crippen LogP contribution in [0.4, 0.5) is 20.3 Å². The maximum Gasteiger partial charge on any atom is 0.232 e. The minimum atomic E-state index is -3.86. The number of nitrogens with zero attached hydrogens (tertiary/aromatic N) is 2. The van der Waals surface area contributed by atoms with Gasteiger partial charge in [-0.3, -0.25) is 9.52 Å². The van der Waals surface area contributed by atoms with Gasteiger partial charge < -0.3 is 15.0 Å². The number of H-pyrrole nitrogens is 1. The Morgan fingerprint density at radius 1 is 1.26 bits per heavy atom. The lowest BCUT2D eigenvalue weighted by molar-refractivity contribution is 0.103. The van der Waals surface area contributed by atoms with E-state index in [1.165, 1.54) is 12.5 Å². The van der Waals surface area contributed by atoms with E-state index in [9.17, 15) is 17.6 Å². The second-order valence-electron chi connectivity index (χ2n) is 7.83. The number of carbonyl (C=O) groups is 1. The van der Waals surface area contributed by atoms with E-state index in [4.69, 9.17) is 4.74 Å². The molecule has 4 rings (SSSR count). The number of carbonyl (C=O) groups excluding carboxylic acids is 1. The van der Waals surface area contributed by atoms with E-state index in [2.05, 4.69) is 25.0 Å². The number of halogens is 2. The lowest BCUT2D eigenvalue weighted by Gasteiger charge is -2.15. The van der Waals surface area contributed by atoms with E-state index in [0.717, 1.165) is 24.3 Å². The van der Waals surface area contributed by atoms with Gasteiger partial charge in [0.1, 0.15) is 29.4 Å². The van der Waals surface area contributed by atoms with Crippen molar-refractivity contribution in [3.8, 4) is 0 Å². The Labute approximate surface area is 200 Å². The fourth-order valence-corrected chi connectivity index (χ4v) is 4.90. The number of methoxy groups -OCH3 is 1. The van der Waals surface area contributed by atoms with Crippen molar-refractivity contribution in [1.29, 1.82) is 0 Å². The molecule has 184 valence electrons. The van der Waals surface area contributed by atoms with Crippen LogP contribution >= 0.6 is 0 Å². The Morgan fingerprint density at radius 2 is 2.06 bits per heavy atom. The fraction of sp³-hybridized carbons (Fsp3) is 0.261. The summed E-state index contributed by atoms with van der Waals surface area (Å²) in [6, 6.07) is 1.78. The van der Waals surface area contributed by atoms with Crippen LogP contribution in [0.5, 0.6) is 0 Å². The monoisotopic (exact) mass is 503 g/mol. The molecule has 0 saturated carbocycles. The van der Waals surface area contributed by atoms with Gasteiger partial charge in [0.2, 0.25) is 15.8 Å². The SMILES string of the molecule is CCCS(=O)(=O)Nc1ccc(F)c(C(=O)c2c[nH]c3ncnc(NC4=CC(OC)=CCC4)c23)c1F. The first kappa shape index (κ1) is 24.3. The molecule has 2 heterocycles. The zero-order valence-corrected chi connectivity index (χ0v) is 19.8. The number of sulfonamides is 1. The minimum Gasteiger partial charge on any atom is -0.497 e. The lowest BCUT2D eigenvalue weighted by Crippen LogP contribution is -2.18. The van der Waals surface area contributed by atoms with Crippen LogP contribution in [0.25, 0.3) is 11.0 Å². The highest BCUT2D eigenvalue weighted by Crippen LogP contribution is 2.31. The van der Waals surface area contributed by atoms with Gasteiger partial charge in [-0.25, -0.2) is 27.2 Å². The number of hydrogen-bond donors (Lipinski definition) is 3. The Kier molecular flexibility index (Phi) is 6.83. The summed E-state index contributed by atoms with van der Waals surface area (Å²) in [7, 11) is -2.31. The largest absolute Gasteiger partial charge is 0.497 e. The number of nitrogens with one attached hydrogen (secondary N) is 3. The van der Waals surface area contributed by atoms with Crippen molar-refractivity contribution in [3.63, 3.8) is 0 Å². The van der Waals surface area contributed by atoms with Crippen LogP contribution in [-0.4, -0.2) is 42.0 Å². The molecule has 0 bridgehead atoms. The number of fused-ring (bicyclic) bond motifs is 1. The normalized spacial score (nSPS) is 13.8. The molecule has 0 unspecified atom stereocenters. The topological polar surface area (TPSA) is 126 Å². The van der Waals surface area contributed by atoms with E-state index in [1.54, 1.807) is 20.1 Å². The van der Waals surface area contributed by atoms with Crippen LogP contribution in [0.1, 0.15) is 42.1 Å². The summed E-state index contributed by atoms with van der Waals surface area (Å²) in [6.07, 6.45) is 7.98. The predicted octanol–water partition coefficient (Wildman–Crippen LogP) is 4.24. The van der Waals surface area contributed by atoms with Crippen LogP contribution in [-0.2, 0) is 14.8 Å². The standard InChI is InChI=1S/C23H23F2N5O4S/c1-3-9-35(32,33)30-17-8-7-16(24)19(20(17)25)21(31)15-11-26-22-18(15)23(28-12-27-22)29-13-5-4-6-14(10-13)34-2/h6-8,10-12,30H,3-5,9H2,1-2H3,(H2,26,27,28,29). The number of allylic oxidation sites excluding steroid dienone is 3. The number of hydrogen-bond acceptors (Lipinski definition) is 7. The highest BCUT2D eigenvalue weighted by atomic mass is 32.2. The van der Waals surface area contributed by atoms with E-state index in [1.807, 2.05) is 6.08 Å². The van der Waals surface area contributed by atoms with Gasteiger partial charge >= 0.3 is 0 Å². The summed E-state index contributed by atoms with van der Waals surface area (Å²) in [4.78, 5) is 24.5. The number of rotatable bonds is 9. The Hall–Kier alpha value is -3.80. The molecular formula is C23H23F2N5O4S. The summed E-state index contributed by atoms with van der Waals surface area (Å²) < 4.78 is 61.4. The first-order valence-electron chi connectivity index (χ1n) is 10.8. The first-order chi connectivity index (χ1) is 16.7. The van der Waals surface area contributed by atoms with Crippen molar-refractivity contribution in [2.24, 2.45) is 0 Å². The van der Waals surface area contributed by atoms with E-state index in [0.29, 0.717) is 18.6 Å². The summed E-state index contributed by atoms with van der Waals surface area (Å²) in [5.41, 5.74) is -0.421. The molecule has 0 amide bonds. The molecular weight excluding hydrogens is 480 g/mol. The molecule has 3 N–H and O–H groups in total. The van der Waals surface area contributed by atoms with Gasteiger partial charge in [0.25, 0.3) is 0 Å². The maximum absolute atomic E-state index is 15.2. The molecule has 0 spiro atoms. The zero-order valence-electron chi connectivity index (χ0n) is 19.0. The molecule has 9 nitrogen and oxygen atoms in total. The molecule has 0 saturated heterocycles. The highest BCUT2D eigenvalue weighted by Gasteiger charge is 2.27. The fourth-order valence-electron chi connectivity index (χ4n) is 3.76. The molecule has 1 aliphatic rings. The Balaban J connectivity index is 1.76. The number of ketones is 1. The third-order valence-electron chi connectivity index (χ3n) is 5.36. The van der Waals surface area contributed by atoms with Crippen molar-refractivity contribution in [3.05, 3.63) is 71.0 Å². The van der Waals surface area contributed by atoms with Crippen molar-refractivity contribution >= 4 is 38.3 Å². The number of anilines is 2. The Morgan fingerprint density at radius 3 is 2.80 bits per heavy atom. The van der Waals surface area contributed by atoms with Gasteiger partial charge in [0.05, 0.1) is 35.1 Å². The summed E-state index contributed by atoms with van der Waals surface area (Å²) in [6.45, 7) is 1.65. The van der Waals surface area contributed by atoms with Crippen molar-refractivity contribution < 1.29 is 26.7 Å². The molecule has 0 radical (unpaired) electrons. The molecule has 12 heteroatoms. The molecule has 1 aromatic carbocycles. The van der Waals surface area contributed by atoms with Gasteiger partial charge in [-0.1, -0.05) is 6.92 Å². The van der Waals surface area contributed by atoms with E-state index >= 15 is 4.39 Å². The first-order valence-corrected chi connectivity index (χ1v) is 12.5. The summed E-state index contributed by atoms with van der Waals surface area (Å²) in [5, 5.41) is 3.38. The molecule has 35 heavy (non-hydrogen) atoms. The number of benzene rings is 1. The van der Waals surface area contributed by atoms with Crippen LogP contribution < -0.4 is 10.0 Å². The number of aromatic nitrogens is 3.